The summed E-state index contributed by atoms with van der Waals surface area (Å²) in [6.45, 7) is 2.10. The van der Waals surface area contributed by atoms with E-state index in [0.29, 0.717) is 5.75 Å². The number of benzene rings is 3. The van der Waals surface area contributed by atoms with E-state index in [0.717, 1.165) is 23.6 Å². The monoisotopic (exact) mass is 424 g/mol. The number of alkyl halides is 3. The SMILES string of the molecule is CCCCCc1ccc(-c2ccc(-c3ccc(OC/C=C/C(F)(F)F)cc3)cc2)cc1. The van der Waals surface area contributed by atoms with Crippen LogP contribution in [0.15, 0.2) is 84.9 Å². The molecule has 0 aromatic heterocycles. The molecule has 0 atom stereocenters. The number of hydrogen-bond acceptors (Lipinski definition) is 1. The number of unbranched alkanes of at least 4 members (excludes halogenated alkanes) is 2. The summed E-state index contributed by atoms with van der Waals surface area (Å²) in [4.78, 5) is 0. The molecule has 0 fully saturated rings. The van der Waals surface area contributed by atoms with Crippen LogP contribution in [-0.4, -0.2) is 12.8 Å². The van der Waals surface area contributed by atoms with Gasteiger partial charge in [-0.15, -0.1) is 0 Å². The topological polar surface area (TPSA) is 9.23 Å². The van der Waals surface area contributed by atoms with Gasteiger partial charge in [-0.25, -0.2) is 0 Å². The number of ether oxygens (including phenoxy) is 1. The second kappa shape index (κ2) is 10.9. The third kappa shape index (κ3) is 7.32. The summed E-state index contributed by atoms with van der Waals surface area (Å²) < 4.78 is 41.6. The largest absolute Gasteiger partial charge is 0.490 e. The maximum atomic E-state index is 12.1. The first kappa shape index (κ1) is 22.7. The lowest BCUT2D eigenvalue weighted by Gasteiger charge is -2.08. The second-order valence-corrected chi connectivity index (χ2v) is 7.51. The maximum Gasteiger partial charge on any atom is 0.409 e. The highest BCUT2D eigenvalue weighted by atomic mass is 19.4. The van der Waals surface area contributed by atoms with Gasteiger partial charge in [-0.3, -0.25) is 0 Å². The Kier molecular flexibility index (Phi) is 7.94. The van der Waals surface area contributed by atoms with Gasteiger partial charge in [0, 0.05) is 6.08 Å². The third-order valence-electron chi connectivity index (χ3n) is 5.08. The van der Waals surface area contributed by atoms with Crippen LogP contribution in [0, 0.1) is 0 Å². The summed E-state index contributed by atoms with van der Waals surface area (Å²) >= 11 is 0. The first-order valence-corrected chi connectivity index (χ1v) is 10.6. The number of allylic oxidation sites excluding steroid dienone is 1. The Morgan fingerprint density at radius 3 is 1.68 bits per heavy atom. The second-order valence-electron chi connectivity index (χ2n) is 7.51. The fraction of sp³-hybridized carbons (Fsp3) is 0.259. The predicted octanol–water partition coefficient (Wildman–Crippen LogP) is 8.25. The molecule has 0 spiro atoms. The standard InChI is InChI=1S/C27H27F3O/c1-2-3-4-6-21-7-9-22(10-8-21)23-11-13-24(14-12-23)25-15-17-26(18-16-25)31-20-5-19-27(28,29)30/h5,7-19H,2-4,6,20H2,1H3/b19-5+. The summed E-state index contributed by atoms with van der Waals surface area (Å²) in [6.07, 6.45) is 1.71. The van der Waals surface area contributed by atoms with E-state index in [4.69, 9.17) is 4.74 Å². The van der Waals surface area contributed by atoms with Gasteiger partial charge in [0.2, 0.25) is 0 Å². The van der Waals surface area contributed by atoms with Crippen LogP contribution in [0.2, 0.25) is 0 Å². The molecule has 0 aliphatic carbocycles. The summed E-state index contributed by atoms with van der Waals surface area (Å²) in [5, 5.41) is 0. The quantitative estimate of drug-likeness (QED) is 0.248. The van der Waals surface area contributed by atoms with Crippen molar-refractivity contribution in [2.75, 3.05) is 6.61 Å². The molecule has 0 aliphatic rings. The van der Waals surface area contributed by atoms with E-state index >= 15 is 0 Å². The molecule has 0 N–H and O–H groups in total. The highest BCUT2D eigenvalue weighted by Gasteiger charge is 2.21. The van der Waals surface area contributed by atoms with Crippen molar-refractivity contribution in [3.63, 3.8) is 0 Å². The molecule has 0 heterocycles. The van der Waals surface area contributed by atoms with Crippen molar-refractivity contribution in [1.29, 1.82) is 0 Å². The van der Waals surface area contributed by atoms with E-state index in [9.17, 15) is 13.2 Å². The lowest BCUT2D eigenvalue weighted by Crippen LogP contribution is -2.02. The van der Waals surface area contributed by atoms with E-state index in [-0.39, 0.29) is 12.7 Å². The summed E-state index contributed by atoms with van der Waals surface area (Å²) in [5.41, 5.74) is 5.84. The van der Waals surface area contributed by atoms with Gasteiger partial charge in [0.1, 0.15) is 12.4 Å². The van der Waals surface area contributed by atoms with Gasteiger partial charge in [-0.05, 0) is 58.9 Å². The molecule has 162 valence electrons. The highest BCUT2D eigenvalue weighted by Crippen LogP contribution is 2.27. The predicted molar refractivity (Wildman–Crippen MR) is 121 cm³/mol. The van der Waals surface area contributed by atoms with Gasteiger partial charge in [0.15, 0.2) is 0 Å². The lowest BCUT2D eigenvalue weighted by molar-refractivity contribution is -0.0801. The molecule has 3 aromatic rings. The van der Waals surface area contributed by atoms with Crippen LogP contribution in [0.25, 0.3) is 22.3 Å². The van der Waals surface area contributed by atoms with Gasteiger partial charge in [-0.1, -0.05) is 80.4 Å². The molecular formula is C27H27F3O. The Hall–Kier alpha value is -3.01. The van der Waals surface area contributed by atoms with Gasteiger partial charge < -0.3 is 4.74 Å². The van der Waals surface area contributed by atoms with Gasteiger partial charge in [0.05, 0.1) is 0 Å². The Labute approximate surface area is 182 Å². The van der Waals surface area contributed by atoms with Crippen LogP contribution in [-0.2, 0) is 6.42 Å². The van der Waals surface area contributed by atoms with E-state index in [1.165, 1.54) is 36.0 Å². The van der Waals surface area contributed by atoms with Gasteiger partial charge >= 0.3 is 6.18 Å². The number of rotatable bonds is 9. The molecule has 0 radical (unpaired) electrons. The van der Waals surface area contributed by atoms with Crippen molar-refractivity contribution in [2.24, 2.45) is 0 Å². The van der Waals surface area contributed by atoms with Crippen LogP contribution in [0.4, 0.5) is 13.2 Å². The Bertz CT molecular complexity index is 953. The Morgan fingerprint density at radius 1 is 0.710 bits per heavy atom. The third-order valence-corrected chi connectivity index (χ3v) is 5.08. The van der Waals surface area contributed by atoms with Crippen LogP contribution in [0.5, 0.6) is 5.75 Å². The molecule has 1 nitrogen and oxygen atoms in total. The van der Waals surface area contributed by atoms with Crippen LogP contribution < -0.4 is 4.74 Å². The van der Waals surface area contributed by atoms with Gasteiger partial charge in [-0.2, -0.15) is 13.2 Å². The zero-order valence-corrected chi connectivity index (χ0v) is 17.7. The fourth-order valence-electron chi connectivity index (χ4n) is 3.37. The van der Waals surface area contributed by atoms with E-state index in [1.807, 2.05) is 12.1 Å². The van der Waals surface area contributed by atoms with Crippen molar-refractivity contribution in [3.8, 4) is 28.0 Å². The van der Waals surface area contributed by atoms with E-state index < -0.39 is 6.18 Å². The van der Waals surface area contributed by atoms with Crippen LogP contribution in [0.3, 0.4) is 0 Å². The molecule has 0 amide bonds. The summed E-state index contributed by atoms with van der Waals surface area (Å²) in [7, 11) is 0. The summed E-state index contributed by atoms with van der Waals surface area (Å²) in [6, 6.07) is 24.5. The number of aryl methyl sites for hydroxylation is 1. The Balaban J connectivity index is 1.59. The molecule has 0 aliphatic heterocycles. The zero-order chi connectivity index (χ0) is 22.1. The lowest BCUT2D eigenvalue weighted by atomic mass is 9.98. The molecule has 0 saturated heterocycles. The normalized spacial score (nSPS) is 11.7. The number of hydrogen-bond donors (Lipinski definition) is 0. The van der Waals surface area contributed by atoms with Crippen LogP contribution >= 0.6 is 0 Å². The zero-order valence-electron chi connectivity index (χ0n) is 17.7. The van der Waals surface area contributed by atoms with E-state index in [1.54, 1.807) is 12.1 Å². The van der Waals surface area contributed by atoms with Crippen molar-refractivity contribution in [1.82, 2.24) is 0 Å². The molecule has 31 heavy (non-hydrogen) atoms. The van der Waals surface area contributed by atoms with Crippen LogP contribution in [0.1, 0.15) is 31.7 Å². The average Bonchev–Trinajstić information content (AvgIpc) is 2.77. The minimum atomic E-state index is -4.31. The smallest absolute Gasteiger partial charge is 0.409 e. The molecule has 0 unspecified atom stereocenters. The van der Waals surface area contributed by atoms with Gasteiger partial charge in [0.25, 0.3) is 0 Å². The van der Waals surface area contributed by atoms with E-state index in [2.05, 4.69) is 55.5 Å². The molecule has 4 heteroatoms. The molecule has 0 bridgehead atoms. The average molecular weight is 425 g/mol. The maximum absolute atomic E-state index is 12.1. The number of halogens is 3. The van der Waals surface area contributed by atoms with Crippen molar-refractivity contribution in [2.45, 2.75) is 38.8 Å². The fourth-order valence-corrected chi connectivity index (χ4v) is 3.37. The molecule has 0 saturated carbocycles. The first-order valence-electron chi connectivity index (χ1n) is 10.6. The molecule has 3 aromatic carbocycles. The molecular weight excluding hydrogens is 397 g/mol. The summed E-state index contributed by atoms with van der Waals surface area (Å²) in [5.74, 6) is 0.534. The van der Waals surface area contributed by atoms with Crippen molar-refractivity contribution < 1.29 is 17.9 Å². The molecule has 3 rings (SSSR count). The van der Waals surface area contributed by atoms with Crippen molar-refractivity contribution >= 4 is 0 Å². The first-order chi connectivity index (χ1) is 14.9. The minimum absolute atomic E-state index is 0.120. The Morgan fingerprint density at radius 2 is 1.19 bits per heavy atom. The van der Waals surface area contributed by atoms with Crippen molar-refractivity contribution in [3.05, 3.63) is 90.5 Å². The highest BCUT2D eigenvalue weighted by molar-refractivity contribution is 5.70. The minimum Gasteiger partial charge on any atom is -0.490 e.